The smallest absolute Gasteiger partial charge is 0.0888 e. The van der Waals surface area contributed by atoms with Crippen LogP contribution in [0.2, 0.25) is 0 Å². The second-order valence-electron chi connectivity index (χ2n) is 9.04. The zero-order valence-corrected chi connectivity index (χ0v) is 20.7. The quantitative estimate of drug-likeness (QED) is 0.185. The van der Waals surface area contributed by atoms with E-state index < -0.39 is 0 Å². The van der Waals surface area contributed by atoms with Crippen LogP contribution in [-0.4, -0.2) is 15.7 Å². The number of aryl methyl sites for hydroxylation is 2. The molecule has 0 atom stereocenters. The number of hydrogen-bond acceptors (Lipinski definition) is 3. The summed E-state index contributed by atoms with van der Waals surface area (Å²) in [5, 5.41) is 0. The van der Waals surface area contributed by atoms with Crippen LogP contribution in [-0.2, 0) is 6.42 Å². The molecule has 0 aromatic carbocycles. The molecule has 0 aliphatic carbocycles. The molecule has 0 aliphatic rings. The van der Waals surface area contributed by atoms with E-state index in [1.165, 1.54) is 107 Å². The predicted molar refractivity (Wildman–Crippen MR) is 139 cm³/mol. The van der Waals surface area contributed by atoms with Crippen molar-refractivity contribution in [1.29, 1.82) is 0 Å². The normalized spacial score (nSPS) is 11.2. The standard InChI is InChI=1S/C28H44N2S/c1-25-18-20-29-27(23-25)28-24-26(19-21-30-28)17-15-13-11-9-7-5-3-2-4-6-8-10-12-14-16-22-31/h18-21,23-24,31H,2-17,22H2,1H3. The highest BCUT2D eigenvalue weighted by molar-refractivity contribution is 7.80. The molecule has 0 spiro atoms. The second-order valence-corrected chi connectivity index (χ2v) is 9.49. The van der Waals surface area contributed by atoms with Gasteiger partial charge in [0.25, 0.3) is 0 Å². The Hall–Kier alpha value is -1.35. The summed E-state index contributed by atoms with van der Waals surface area (Å²) in [6, 6.07) is 8.51. The van der Waals surface area contributed by atoms with Gasteiger partial charge in [0.15, 0.2) is 0 Å². The Morgan fingerprint density at radius 3 is 1.55 bits per heavy atom. The van der Waals surface area contributed by atoms with Crippen molar-refractivity contribution in [2.45, 2.75) is 110 Å². The third-order valence-corrected chi connectivity index (χ3v) is 6.44. The number of hydrogen-bond donors (Lipinski definition) is 1. The fraction of sp³-hybridized carbons (Fsp3) is 0.643. The summed E-state index contributed by atoms with van der Waals surface area (Å²) in [5.74, 6) is 1.05. The molecule has 2 aromatic rings. The molecule has 2 nitrogen and oxygen atoms in total. The molecule has 0 fully saturated rings. The van der Waals surface area contributed by atoms with Gasteiger partial charge in [-0.15, -0.1) is 0 Å². The van der Waals surface area contributed by atoms with E-state index >= 15 is 0 Å². The van der Waals surface area contributed by atoms with Crippen LogP contribution >= 0.6 is 12.6 Å². The van der Waals surface area contributed by atoms with Gasteiger partial charge in [0, 0.05) is 12.4 Å². The molecule has 0 saturated carbocycles. The van der Waals surface area contributed by atoms with E-state index in [0.29, 0.717) is 0 Å². The monoisotopic (exact) mass is 440 g/mol. The van der Waals surface area contributed by atoms with Crippen LogP contribution in [0.25, 0.3) is 11.4 Å². The lowest BCUT2D eigenvalue weighted by atomic mass is 10.0. The van der Waals surface area contributed by atoms with Crippen LogP contribution in [0, 0.1) is 6.92 Å². The van der Waals surface area contributed by atoms with E-state index in [-0.39, 0.29) is 0 Å². The molecule has 2 heterocycles. The number of nitrogens with zero attached hydrogens (tertiary/aromatic N) is 2. The summed E-state index contributed by atoms with van der Waals surface area (Å²) in [4.78, 5) is 8.98. The zero-order chi connectivity index (χ0) is 22.0. The second kappa shape index (κ2) is 17.2. The Bertz CT molecular complexity index is 701. The molecule has 2 aromatic heterocycles. The van der Waals surface area contributed by atoms with E-state index in [9.17, 15) is 0 Å². The maximum absolute atomic E-state index is 4.51. The van der Waals surface area contributed by atoms with Gasteiger partial charge in [-0.1, -0.05) is 83.5 Å². The van der Waals surface area contributed by atoms with Crippen LogP contribution in [0.3, 0.4) is 0 Å². The third kappa shape index (κ3) is 12.3. The van der Waals surface area contributed by atoms with Crippen LogP contribution in [0.15, 0.2) is 36.7 Å². The number of pyridine rings is 2. The van der Waals surface area contributed by atoms with Gasteiger partial charge in [0.05, 0.1) is 11.4 Å². The van der Waals surface area contributed by atoms with Crippen molar-refractivity contribution in [3.05, 3.63) is 47.8 Å². The first-order valence-electron chi connectivity index (χ1n) is 12.8. The number of rotatable bonds is 18. The van der Waals surface area contributed by atoms with E-state index in [1.807, 2.05) is 18.5 Å². The van der Waals surface area contributed by atoms with Crippen molar-refractivity contribution in [2.24, 2.45) is 0 Å². The molecule has 2 rings (SSSR count). The van der Waals surface area contributed by atoms with Crippen molar-refractivity contribution in [3.8, 4) is 11.4 Å². The van der Waals surface area contributed by atoms with Crippen LogP contribution in [0.4, 0.5) is 0 Å². The number of unbranched alkanes of at least 4 members (excludes halogenated alkanes) is 14. The molecule has 0 aliphatic heterocycles. The summed E-state index contributed by atoms with van der Waals surface area (Å²) < 4.78 is 0. The fourth-order valence-electron chi connectivity index (χ4n) is 4.19. The highest BCUT2D eigenvalue weighted by Gasteiger charge is 2.03. The Labute approximate surface area is 197 Å². The van der Waals surface area contributed by atoms with Gasteiger partial charge in [0.2, 0.25) is 0 Å². The first kappa shape index (κ1) is 25.9. The van der Waals surface area contributed by atoms with Crippen molar-refractivity contribution < 1.29 is 0 Å². The molecule has 172 valence electrons. The van der Waals surface area contributed by atoms with Crippen LogP contribution in [0.5, 0.6) is 0 Å². The zero-order valence-electron chi connectivity index (χ0n) is 19.8. The van der Waals surface area contributed by atoms with Crippen molar-refractivity contribution in [3.63, 3.8) is 0 Å². The molecule has 0 radical (unpaired) electrons. The third-order valence-electron chi connectivity index (χ3n) is 6.13. The fourth-order valence-corrected chi connectivity index (χ4v) is 4.41. The van der Waals surface area contributed by atoms with Gasteiger partial charge in [-0.2, -0.15) is 12.6 Å². The molecule has 0 saturated heterocycles. The lowest BCUT2D eigenvalue weighted by molar-refractivity contribution is 0.532. The van der Waals surface area contributed by atoms with Crippen LogP contribution in [0.1, 0.15) is 107 Å². The first-order valence-corrected chi connectivity index (χ1v) is 13.4. The Balaban J connectivity index is 1.43. The molecule has 3 heteroatoms. The van der Waals surface area contributed by atoms with Crippen molar-refractivity contribution in [1.82, 2.24) is 9.97 Å². The Morgan fingerprint density at radius 2 is 1.03 bits per heavy atom. The minimum absolute atomic E-state index is 0.978. The first-order chi connectivity index (χ1) is 15.3. The molecule has 0 bridgehead atoms. The summed E-state index contributed by atoms with van der Waals surface area (Å²) in [6.07, 6.45) is 25.9. The SMILES string of the molecule is Cc1ccnc(-c2cc(CCCCCCCCCCCCCCCCCS)ccn2)c1. The number of aromatic nitrogens is 2. The lowest BCUT2D eigenvalue weighted by Crippen LogP contribution is -1.92. The predicted octanol–water partition coefficient (Wildman–Crippen LogP) is 8.78. The summed E-state index contributed by atoms with van der Waals surface area (Å²) in [5.41, 5.74) is 4.59. The molecule has 0 unspecified atom stereocenters. The highest BCUT2D eigenvalue weighted by atomic mass is 32.1. The molecule has 0 N–H and O–H groups in total. The highest BCUT2D eigenvalue weighted by Crippen LogP contribution is 2.18. The van der Waals surface area contributed by atoms with Gasteiger partial charge >= 0.3 is 0 Å². The molecular weight excluding hydrogens is 396 g/mol. The van der Waals surface area contributed by atoms with Gasteiger partial charge in [-0.25, -0.2) is 0 Å². The largest absolute Gasteiger partial charge is 0.255 e. The van der Waals surface area contributed by atoms with Gasteiger partial charge < -0.3 is 0 Å². The van der Waals surface area contributed by atoms with Crippen molar-refractivity contribution >= 4 is 12.6 Å². The molecule has 0 amide bonds. The van der Waals surface area contributed by atoms with Crippen LogP contribution < -0.4 is 0 Å². The average molecular weight is 441 g/mol. The lowest BCUT2D eigenvalue weighted by Gasteiger charge is -2.06. The minimum atomic E-state index is 0.978. The molecule has 31 heavy (non-hydrogen) atoms. The Kier molecular flexibility index (Phi) is 14.4. The maximum Gasteiger partial charge on any atom is 0.0888 e. The van der Waals surface area contributed by atoms with E-state index in [1.54, 1.807) is 0 Å². The summed E-state index contributed by atoms with van der Waals surface area (Å²) in [6.45, 7) is 2.10. The van der Waals surface area contributed by atoms with E-state index in [0.717, 1.165) is 23.6 Å². The van der Waals surface area contributed by atoms with Gasteiger partial charge in [0.1, 0.15) is 0 Å². The van der Waals surface area contributed by atoms with Gasteiger partial charge in [-0.05, 0) is 67.3 Å². The maximum atomic E-state index is 4.51. The summed E-state index contributed by atoms with van der Waals surface area (Å²) >= 11 is 4.27. The number of thiol groups is 1. The summed E-state index contributed by atoms with van der Waals surface area (Å²) in [7, 11) is 0. The minimum Gasteiger partial charge on any atom is -0.255 e. The molecular formula is C28H44N2S. The topological polar surface area (TPSA) is 25.8 Å². The van der Waals surface area contributed by atoms with Crippen molar-refractivity contribution in [2.75, 3.05) is 5.75 Å². The average Bonchev–Trinajstić information content (AvgIpc) is 2.79. The van der Waals surface area contributed by atoms with E-state index in [2.05, 4.69) is 47.7 Å². The Morgan fingerprint density at radius 1 is 0.581 bits per heavy atom. The van der Waals surface area contributed by atoms with Gasteiger partial charge in [-0.3, -0.25) is 9.97 Å². The van der Waals surface area contributed by atoms with E-state index in [4.69, 9.17) is 0 Å².